The van der Waals surface area contributed by atoms with Crippen LogP contribution in [0.1, 0.15) is 63.1 Å². The van der Waals surface area contributed by atoms with Crippen molar-refractivity contribution in [1.82, 2.24) is 10.3 Å². The van der Waals surface area contributed by atoms with E-state index < -0.39 is 0 Å². The maximum Gasteiger partial charge on any atom is 0.309 e. The Hall–Kier alpha value is -2.80. The van der Waals surface area contributed by atoms with E-state index in [2.05, 4.69) is 42.4 Å². The number of allylic oxidation sites excluding steroid dienone is 5. The quantitative estimate of drug-likeness (QED) is 0.426. The number of carboxylic acid groups (broad SMARTS) is 1. The van der Waals surface area contributed by atoms with Crippen molar-refractivity contribution < 1.29 is 23.8 Å². The van der Waals surface area contributed by atoms with Crippen LogP contribution in [0.25, 0.3) is 6.08 Å². The van der Waals surface area contributed by atoms with Gasteiger partial charge in [0.1, 0.15) is 11.9 Å². The van der Waals surface area contributed by atoms with Crippen LogP contribution in [-0.2, 0) is 14.3 Å². The van der Waals surface area contributed by atoms with Gasteiger partial charge in [-0.3, -0.25) is 14.6 Å². The smallest absolute Gasteiger partial charge is 0.309 e. The van der Waals surface area contributed by atoms with Gasteiger partial charge in [0.25, 0.3) is 6.47 Å². The predicted octanol–water partition coefficient (Wildman–Crippen LogP) is 5.28. The average Bonchev–Trinajstić information content (AvgIpc) is 3.15. The van der Waals surface area contributed by atoms with Gasteiger partial charge in [0.15, 0.2) is 0 Å². The Labute approximate surface area is 212 Å². The third-order valence-corrected chi connectivity index (χ3v) is 8.40. The molecule has 0 spiro atoms. The molecule has 1 aliphatic heterocycles. The maximum absolute atomic E-state index is 13.6. The minimum atomic E-state index is -0.250. The van der Waals surface area contributed by atoms with Crippen molar-refractivity contribution in [1.29, 1.82) is 0 Å². The van der Waals surface area contributed by atoms with E-state index >= 15 is 0 Å². The number of nitrogens with one attached hydrogen (secondary N) is 1. The van der Waals surface area contributed by atoms with Gasteiger partial charge >= 0.3 is 5.97 Å². The molecule has 1 aromatic heterocycles. The average molecular weight is 497 g/mol. The number of aromatic nitrogens is 1. The standard InChI is InChI=1S/C28H35FN2O2.CH2O2/c1-3-30-23-10-11-24-20(14-23)15-26-27(17(2)33-28(26)32)25(24)12-9-22-8-7-19(16-31-22)18-5-4-6-21(29)13-18;2-1-3/h4,6-9,12-13,16-18,20,23-27,30H,3,5,10-11,14-15H2,1-2H3;1H,(H,2,3)/b12-9+;/t17?,18?,20?,23?,24?,25?,26-,27+;/m0./s1. The van der Waals surface area contributed by atoms with E-state index in [1.807, 2.05) is 18.3 Å². The Kier molecular flexibility index (Phi) is 8.72. The number of halogens is 1. The number of cyclic esters (lactones) is 1. The van der Waals surface area contributed by atoms with Crippen molar-refractivity contribution in [3.63, 3.8) is 0 Å². The van der Waals surface area contributed by atoms with Crippen LogP contribution in [0.4, 0.5) is 4.39 Å². The van der Waals surface area contributed by atoms with Crippen LogP contribution < -0.4 is 5.32 Å². The third kappa shape index (κ3) is 5.77. The van der Waals surface area contributed by atoms with Gasteiger partial charge in [0.2, 0.25) is 0 Å². The number of rotatable bonds is 5. The molecule has 0 aromatic carbocycles. The molecule has 194 valence electrons. The minimum Gasteiger partial charge on any atom is -0.483 e. The van der Waals surface area contributed by atoms with Crippen molar-refractivity contribution in [2.24, 2.45) is 29.6 Å². The van der Waals surface area contributed by atoms with E-state index in [0.717, 1.165) is 37.1 Å². The van der Waals surface area contributed by atoms with Gasteiger partial charge in [-0.15, -0.1) is 0 Å². The van der Waals surface area contributed by atoms with Crippen molar-refractivity contribution >= 4 is 18.5 Å². The molecule has 3 fully saturated rings. The molecule has 0 amide bonds. The molecule has 36 heavy (non-hydrogen) atoms. The second-order valence-corrected chi connectivity index (χ2v) is 10.4. The second kappa shape index (κ2) is 12.0. The Bertz CT molecular complexity index is 1010. The molecule has 6 nitrogen and oxygen atoms in total. The topological polar surface area (TPSA) is 88.5 Å². The highest BCUT2D eigenvalue weighted by atomic mass is 19.1. The molecule has 2 saturated carbocycles. The van der Waals surface area contributed by atoms with Crippen LogP contribution in [-0.4, -0.2) is 41.2 Å². The molecule has 4 aliphatic rings. The van der Waals surface area contributed by atoms with Gasteiger partial charge in [-0.2, -0.15) is 0 Å². The lowest BCUT2D eigenvalue weighted by atomic mass is 9.57. The van der Waals surface area contributed by atoms with Gasteiger partial charge in [0, 0.05) is 24.1 Å². The van der Waals surface area contributed by atoms with Gasteiger partial charge in [-0.1, -0.05) is 25.1 Å². The number of ether oxygens (including phenoxy) is 1. The van der Waals surface area contributed by atoms with E-state index in [4.69, 9.17) is 14.6 Å². The number of pyridine rings is 1. The highest BCUT2D eigenvalue weighted by Gasteiger charge is 2.54. The molecule has 2 heterocycles. The fourth-order valence-electron chi connectivity index (χ4n) is 6.91. The summed E-state index contributed by atoms with van der Waals surface area (Å²) in [5, 5.41) is 10.5. The first-order valence-corrected chi connectivity index (χ1v) is 13.1. The summed E-state index contributed by atoms with van der Waals surface area (Å²) in [6, 6.07) is 4.64. The lowest BCUT2D eigenvalue weighted by Crippen LogP contribution is -2.47. The Morgan fingerprint density at radius 2 is 2.08 bits per heavy atom. The zero-order valence-electron chi connectivity index (χ0n) is 21.1. The number of carbonyl (C=O) groups is 2. The molecule has 0 radical (unpaired) electrons. The van der Waals surface area contributed by atoms with E-state index in [1.54, 1.807) is 6.08 Å². The number of fused-ring (bicyclic) bond motifs is 2. The summed E-state index contributed by atoms with van der Waals surface area (Å²) >= 11 is 0. The summed E-state index contributed by atoms with van der Waals surface area (Å²) in [7, 11) is 0. The van der Waals surface area contributed by atoms with Crippen LogP contribution in [0.5, 0.6) is 0 Å². The normalized spacial score (nSPS) is 35.2. The molecule has 5 rings (SSSR count). The number of nitrogens with zero attached hydrogens (tertiary/aromatic N) is 1. The summed E-state index contributed by atoms with van der Waals surface area (Å²) in [6.45, 7) is 4.98. The van der Waals surface area contributed by atoms with E-state index in [0.29, 0.717) is 23.8 Å². The lowest BCUT2D eigenvalue weighted by Gasteiger charge is -2.47. The minimum absolute atomic E-state index is 0.000722. The van der Waals surface area contributed by atoms with Crippen LogP contribution >= 0.6 is 0 Å². The van der Waals surface area contributed by atoms with Crippen molar-refractivity contribution in [3.05, 3.63) is 59.7 Å². The first kappa shape index (κ1) is 26.3. The zero-order valence-corrected chi connectivity index (χ0v) is 21.1. The largest absolute Gasteiger partial charge is 0.483 e. The van der Waals surface area contributed by atoms with Crippen LogP contribution in [0.15, 0.2) is 48.5 Å². The zero-order chi connectivity index (χ0) is 25.7. The number of esters is 1. The molecule has 0 bridgehead atoms. The summed E-state index contributed by atoms with van der Waals surface area (Å²) < 4.78 is 19.3. The fraction of sp³-hybridized carbons (Fsp3) is 0.552. The highest BCUT2D eigenvalue weighted by Crippen LogP contribution is 2.53. The number of hydrogen-bond acceptors (Lipinski definition) is 5. The summed E-state index contributed by atoms with van der Waals surface area (Å²) in [5.74, 6) is 1.64. The fourth-order valence-corrected chi connectivity index (χ4v) is 6.91. The van der Waals surface area contributed by atoms with Gasteiger partial charge in [0.05, 0.1) is 11.6 Å². The molecule has 3 aliphatic carbocycles. The summed E-state index contributed by atoms with van der Waals surface area (Å²) in [4.78, 5) is 25.6. The summed E-state index contributed by atoms with van der Waals surface area (Å²) in [5.41, 5.74) is 1.95. The molecule has 7 heteroatoms. The Morgan fingerprint density at radius 1 is 1.28 bits per heavy atom. The Morgan fingerprint density at radius 3 is 2.78 bits per heavy atom. The third-order valence-electron chi connectivity index (χ3n) is 8.40. The van der Waals surface area contributed by atoms with Gasteiger partial charge < -0.3 is 15.2 Å². The van der Waals surface area contributed by atoms with Crippen LogP contribution in [0.2, 0.25) is 0 Å². The van der Waals surface area contributed by atoms with Crippen molar-refractivity contribution in [2.75, 3.05) is 6.54 Å². The van der Waals surface area contributed by atoms with Gasteiger partial charge in [-0.25, -0.2) is 4.39 Å². The van der Waals surface area contributed by atoms with E-state index in [9.17, 15) is 9.18 Å². The first-order chi connectivity index (χ1) is 17.4. The van der Waals surface area contributed by atoms with Crippen molar-refractivity contribution in [3.8, 4) is 0 Å². The van der Waals surface area contributed by atoms with Gasteiger partial charge in [-0.05, 0) is 93.2 Å². The Balaban J connectivity index is 0.000000967. The van der Waals surface area contributed by atoms with Crippen molar-refractivity contribution in [2.45, 2.75) is 64.0 Å². The van der Waals surface area contributed by atoms with E-state index in [-0.39, 0.29) is 42.1 Å². The number of hydrogen-bond donors (Lipinski definition) is 2. The predicted molar refractivity (Wildman–Crippen MR) is 137 cm³/mol. The number of carbonyl (C=O) groups excluding carboxylic acids is 1. The molecule has 1 saturated heterocycles. The maximum atomic E-state index is 13.6. The monoisotopic (exact) mass is 496 g/mol. The molecule has 8 atom stereocenters. The van der Waals surface area contributed by atoms with Crippen LogP contribution in [0.3, 0.4) is 0 Å². The highest BCUT2D eigenvalue weighted by molar-refractivity contribution is 5.75. The van der Waals surface area contributed by atoms with E-state index in [1.165, 1.54) is 18.9 Å². The molecule has 2 N–H and O–H groups in total. The SMILES string of the molecule is CCNC1CCC2C(C1)C[C@@H]1C(=O)OC(C)[C@@H]1C2/C=C/c1ccc(C2C=C(F)C=CC2)cn1.O=CO. The van der Waals surface area contributed by atoms with Crippen LogP contribution in [0, 0.1) is 29.6 Å². The molecular weight excluding hydrogens is 459 g/mol. The molecule has 6 unspecified atom stereocenters. The summed E-state index contributed by atoms with van der Waals surface area (Å²) in [6.07, 6.45) is 16.7. The molecular formula is C29H37FN2O4. The first-order valence-electron chi connectivity index (χ1n) is 13.1. The molecule has 1 aromatic rings. The second-order valence-electron chi connectivity index (χ2n) is 10.4. The lowest BCUT2D eigenvalue weighted by molar-refractivity contribution is -0.144.